The molecule has 0 radical (unpaired) electrons. The summed E-state index contributed by atoms with van der Waals surface area (Å²) >= 11 is 0. The Morgan fingerprint density at radius 3 is 2.55 bits per heavy atom. The number of imide groups is 1. The topological polar surface area (TPSA) is 93.5 Å². The van der Waals surface area contributed by atoms with Crippen LogP contribution in [0, 0.1) is 0 Å². The summed E-state index contributed by atoms with van der Waals surface area (Å²) in [4.78, 5) is 20.8. The first-order chi connectivity index (χ1) is 5.18. The third kappa shape index (κ3) is 2.42. The van der Waals surface area contributed by atoms with Crippen LogP contribution in [0.15, 0.2) is 0 Å². The van der Waals surface area contributed by atoms with Gasteiger partial charge in [0, 0.05) is 6.42 Å². The van der Waals surface area contributed by atoms with Gasteiger partial charge in [-0.1, -0.05) is 0 Å². The van der Waals surface area contributed by atoms with E-state index >= 15 is 0 Å². The summed E-state index contributed by atoms with van der Waals surface area (Å²) in [7, 11) is 0. The van der Waals surface area contributed by atoms with Crippen LogP contribution in [0.3, 0.4) is 0 Å². The van der Waals surface area contributed by atoms with Gasteiger partial charge in [-0.3, -0.25) is 5.32 Å². The summed E-state index contributed by atoms with van der Waals surface area (Å²) in [5.74, 6) is 0. The predicted octanol–water partition coefficient (Wildman–Crippen LogP) is -0.889. The molecule has 0 saturated carbocycles. The van der Waals surface area contributed by atoms with Crippen molar-refractivity contribution >= 4 is 12.1 Å². The zero-order valence-electron chi connectivity index (χ0n) is 5.79. The van der Waals surface area contributed by atoms with Crippen molar-refractivity contribution in [3.63, 3.8) is 0 Å². The van der Waals surface area contributed by atoms with Crippen LogP contribution in [0.25, 0.3) is 0 Å². The fraction of sp³-hybridized carbons (Fsp3) is 0.600. The molecule has 1 atom stereocenters. The van der Waals surface area contributed by atoms with Crippen molar-refractivity contribution in [2.24, 2.45) is 5.73 Å². The van der Waals surface area contributed by atoms with E-state index in [1.54, 1.807) is 0 Å². The van der Waals surface area contributed by atoms with Gasteiger partial charge in [-0.15, -0.1) is 0 Å². The minimum atomic E-state index is -0.873. The average Bonchev–Trinajstić information content (AvgIpc) is 1.77. The van der Waals surface area contributed by atoms with E-state index in [1.165, 1.54) is 0 Å². The van der Waals surface area contributed by atoms with Crippen LogP contribution in [0.4, 0.5) is 9.59 Å². The molecule has 1 rings (SSSR count). The molecule has 4 N–H and O–H groups in total. The Morgan fingerprint density at radius 2 is 2.18 bits per heavy atom. The number of amides is 4. The van der Waals surface area contributed by atoms with Crippen molar-refractivity contribution in [3.8, 4) is 0 Å². The first-order valence-corrected chi connectivity index (χ1v) is 3.17. The van der Waals surface area contributed by atoms with Crippen LogP contribution in [-0.4, -0.2) is 24.9 Å². The first-order valence-electron chi connectivity index (χ1n) is 3.17. The molecular formula is C5H9N3O3. The number of carbonyl (C=O) groups is 2. The van der Waals surface area contributed by atoms with Gasteiger partial charge in [-0.05, 0) is 0 Å². The average molecular weight is 159 g/mol. The fourth-order valence-electron chi connectivity index (χ4n) is 0.644. The second-order valence-electron chi connectivity index (χ2n) is 2.11. The zero-order chi connectivity index (χ0) is 8.27. The number of urea groups is 2. The van der Waals surface area contributed by atoms with Crippen LogP contribution in [0.5, 0.6) is 0 Å². The summed E-state index contributed by atoms with van der Waals surface area (Å²) in [5, 5.41) is 4.23. The maximum absolute atomic E-state index is 10.7. The van der Waals surface area contributed by atoms with E-state index in [2.05, 4.69) is 11.1 Å². The summed E-state index contributed by atoms with van der Waals surface area (Å²) in [5.41, 5.74) is 4.68. The Balaban J connectivity index is 2.14. The molecule has 11 heavy (non-hydrogen) atoms. The third-order valence-corrected chi connectivity index (χ3v) is 1.23. The lowest BCUT2D eigenvalue weighted by Gasteiger charge is -2.26. The lowest BCUT2D eigenvalue weighted by atomic mass is 10.3. The molecule has 0 aromatic rings. The summed E-state index contributed by atoms with van der Waals surface area (Å²) in [6.45, 7) is 0.640. The molecule has 0 aliphatic carbocycles. The molecule has 1 aliphatic heterocycles. The van der Waals surface area contributed by atoms with E-state index in [-0.39, 0.29) is 6.23 Å². The fourth-order valence-corrected chi connectivity index (χ4v) is 0.644. The zero-order valence-corrected chi connectivity index (χ0v) is 5.79. The van der Waals surface area contributed by atoms with Gasteiger partial charge >= 0.3 is 12.1 Å². The number of nitrogens with one attached hydrogen (secondary N) is 2. The quantitative estimate of drug-likeness (QED) is 0.463. The summed E-state index contributed by atoms with van der Waals surface area (Å²) in [6.07, 6.45) is 0.501. The second-order valence-corrected chi connectivity index (χ2v) is 2.11. The van der Waals surface area contributed by atoms with E-state index < -0.39 is 12.1 Å². The molecule has 1 heterocycles. The van der Waals surface area contributed by atoms with Gasteiger partial charge < -0.3 is 15.8 Å². The second kappa shape index (κ2) is 3.20. The molecule has 1 aliphatic rings. The molecular weight excluding hydrogens is 150 g/mol. The normalized spacial score (nSPS) is 21.6. The highest BCUT2D eigenvalue weighted by molar-refractivity contribution is 5.92. The number of nitrogens with two attached hydrogens (primary N) is 1. The van der Waals surface area contributed by atoms with Gasteiger partial charge in [0.1, 0.15) is 6.23 Å². The van der Waals surface area contributed by atoms with Crippen LogP contribution >= 0.6 is 0 Å². The lowest BCUT2D eigenvalue weighted by Crippen LogP contribution is -2.50. The first kappa shape index (κ1) is 7.80. The lowest BCUT2D eigenvalue weighted by molar-refractivity contribution is -0.0624. The van der Waals surface area contributed by atoms with Crippen molar-refractivity contribution in [3.05, 3.63) is 0 Å². The summed E-state index contributed by atoms with van der Waals surface area (Å²) in [6, 6.07) is -1.50. The molecule has 1 unspecified atom stereocenters. The van der Waals surface area contributed by atoms with E-state index in [1.807, 2.05) is 5.32 Å². The number of rotatable bonds is 1. The van der Waals surface area contributed by atoms with E-state index in [0.29, 0.717) is 6.61 Å². The predicted molar refractivity (Wildman–Crippen MR) is 35.6 cm³/mol. The Morgan fingerprint density at radius 1 is 1.55 bits per heavy atom. The molecule has 4 amide bonds. The highest BCUT2D eigenvalue weighted by Gasteiger charge is 2.20. The number of carbonyl (C=O) groups excluding carboxylic acids is 2. The van der Waals surface area contributed by atoms with Crippen LogP contribution in [0.2, 0.25) is 0 Å². The van der Waals surface area contributed by atoms with E-state index in [9.17, 15) is 9.59 Å². The molecule has 1 saturated heterocycles. The molecule has 6 heteroatoms. The SMILES string of the molecule is NC(=O)NC(=O)NC1CCO1. The van der Waals surface area contributed by atoms with Gasteiger partial charge in [0.25, 0.3) is 0 Å². The standard InChI is InChI=1S/C5H9N3O3/c6-4(9)8-5(10)7-3-1-2-11-3/h3H,1-2H2,(H4,6,7,8,9,10). The van der Waals surface area contributed by atoms with Crippen LogP contribution in [0.1, 0.15) is 6.42 Å². The Hall–Kier alpha value is -1.30. The van der Waals surface area contributed by atoms with Crippen molar-refractivity contribution < 1.29 is 14.3 Å². The van der Waals surface area contributed by atoms with Crippen molar-refractivity contribution in [1.82, 2.24) is 10.6 Å². The Kier molecular flexibility index (Phi) is 2.27. The Bertz CT molecular complexity index is 178. The van der Waals surface area contributed by atoms with E-state index in [4.69, 9.17) is 4.74 Å². The number of primary amides is 1. The molecule has 0 spiro atoms. The molecule has 0 aromatic carbocycles. The van der Waals surface area contributed by atoms with Gasteiger partial charge in [0.15, 0.2) is 0 Å². The minimum Gasteiger partial charge on any atom is -0.358 e. The largest absolute Gasteiger partial charge is 0.358 e. The molecule has 1 fully saturated rings. The van der Waals surface area contributed by atoms with E-state index in [0.717, 1.165) is 6.42 Å². The van der Waals surface area contributed by atoms with Crippen molar-refractivity contribution in [1.29, 1.82) is 0 Å². The van der Waals surface area contributed by atoms with Crippen LogP contribution < -0.4 is 16.4 Å². The van der Waals surface area contributed by atoms with Gasteiger partial charge in [-0.25, -0.2) is 9.59 Å². The van der Waals surface area contributed by atoms with Gasteiger partial charge in [0.2, 0.25) is 0 Å². The Labute approximate surface area is 63.1 Å². The van der Waals surface area contributed by atoms with Crippen molar-refractivity contribution in [2.45, 2.75) is 12.6 Å². The number of hydrogen-bond donors (Lipinski definition) is 3. The molecule has 62 valence electrons. The monoisotopic (exact) mass is 159 g/mol. The third-order valence-electron chi connectivity index (χ3n) is 1.23. The maximum Gasteiger partial charge on any atom is 0.324 e. The van der Waals surface area contributed by atoms with Crippen LogP contribution in [-0.2, 0) is 4.74 Å². The van der Waals surface area contributed by atoms with Gasteiger partial charge in [-0.2, -0.15) is 0 Å². The smallest absolute Gasteiger partial charge is 0.324 e. The maximum atomic E-state index is 10.7. The highest BCUT2D eigenvalue weighted by atomic mass is 16.5. The highest BCUT2D eigenvalue weighted by Crippen LogP contribution is 2.05. The molecule has 6 nitrogen and oxygen atoms in total. The molecule has 0 bridgehead atoms. The van der Waals surface area contributed by atoms with Gasteiger partial charge in [0.05, 0.1) is 6.61 Å². The minimum absolute atomic E-state index is 0.269. The molecule has 0 aromatic heterocycles. The number of hydrogen-bond acceptors (Lipinski definition) is 3. The summed E-state index contributed by atoms with van der Waals surface area (Å²) < 4.78 is 4.86. The van der Waals surface area contributed by atoms with Crippen molar-refractivity contribution in [2.75, 3.05) is 6.61 Å². The number of ether oxygens (including phenoxy) is 1.